The smallest absolute Gasteiger partial charge is 0.308 e. The molecule has 0 spiro atoms. The number of nitrogens with zero attached hydrogens (tertiary/aromatic N) is 1. The predicted octanol–water partition coefficient (Wildman–Crippen LogP) is 2.10. The molecule has 2 atom stereocenters. The molecule has 0 aliphatic carbocycles. The number of hydrogen-bond donors (Lipinski definition) is 1. The minimum atomic E-state index is -0.816. The number of carboxylic acid groups (broad SMARTS) is 1. The zero-order valence-electron chi connectivity index (χ0n) is 11.5. The summed E-state index contributed by atoms with van der Waals surface area (Å²) in [5, 5.41) is 9.10. The van der Waals surface area contributed by atoms with Gasteiger partial charge < -0.3 is 10.0 Å². The molecule has 1 fully saturated rings. The topological polar surface area (TPSA) is 57.6 Å². The second-order valence-corrected chi connectivity index (χ2v) is 5.51. The van der Waals surface area contributed by atoms with Gasteiger partial charge in [-0.3, -0.25) is 9.59 Å². The van der Waals surface area contributed by atoms with Crippen LogP contribution in [0.1, 0.15) is 28.4 Å². The van der Waals surface area contributed by atoms with Gasteiger partial charge in [0.05, 0.1) is 5.92 Å². The largest absolute Gasteiger partial charge is 0.481 e. The van der Waals surface area contributed by atoms with Gasteiger partial charge in [0.25, 0.3) is 5.91 Å². The molecule has 0 unspecified atom stereocenters. The molecule has 1 N–H and O–H groups in total. The lowest BCUT2D eigenvalue weighted by atomic mass is 9.99. The van der Waals surface area contributed by atoms with E-state index in [9.17, 15) is 9.59 Å². The van der Waals surface area contributed by atoms with Gasteiger partial charge in [-0.05, 0) is 31.9 Å². The van der Waals surface area contributed by atoms with Crippen molar-refractivity contribution < 1.29 is 14.7 Å². The fourth-order valence-corrected chi connectivity index (χ4v) is 2.73. The van der Waals surface area contributed by atoms with Gasteiger partial charge in [-0.1, -0.05) is 24.1 Å². The van der Waals surface area contributed by atoms with Gasteiger partial charge in [0.1, 0.15) is 0 Å². The molecule has 0 bridgehead atoms. The van der Waals surface area contributed by atoms with Crippen LogP contribution in [0, 0.1) is 25.7 Å². The zero-order valence-corrected chi connectivity index (χ0v) is 11.5. The van der Waals surface area contributed by atoms with E-state index in [-0.39, 0.29) is 11.8 Å². The van der Waals surface area contributed by atoms with E-state index < -0.39 is 11.9 Å². The molecule has 1 saturated heterocycles. The maximum absolute atomic E-state index is 12.4. The number of amides is 1. The van der Waals surface area contributed by atoms with Crippen LogP contribution in [0.25, 0.3) is 0 Å². The summed E-state index contributed by atoms with van der Waals surface area (Å²) in [5.74, 6) is -1.33. The minimum absolute atomic E-state index is 0.00681. The zero-order chi connectivity index (χ0) is 14.2. The van der Waals surface area contributed by atoms with Crippen LogP contribution < -0.4 is 0 Å². The van der Waals surface area contributed by atoms with Gasteiger partial charge in [-0.25, -0.2) is 0 Å². The molecule has 0 aromatic heterocycles. The summed E-state index contributed by atoms with van der Waals surface area (Å²) in [6.07, 6.45) is 0. The van der Waals surface area contributed by atoms with E-state index in [1.54, 1.807) is 4.90 Å². The summed E-state index contributed by atoms with van der Waals surface area (Å²) in [5.41, 5.74) is 2.74. The van der Waals surface area contributed by atoms with Crippen LogP contribution in [-0.4, -0.2) is 35.0 Å². The number of likely N-dealkylation sites (tertiary alicyclic amines) is 1. The Kier molecular flexibility index (Phi) is 3.60. The summed E-state index contributed by atoms with van der Waals surface area (Å²) in [6.45, 7) is 6.62. The Bertz CT molecular complexity index is 504. The Morgan fingerprint density at radius 3 is 2.21 bits per heavy atom. The van der Waals surface area contributed by atoms with Gasteiger partial charge >= 0.3 is 5.97 Å². The molecule has 2 rings (SSSR count). The maximum Gasteiger partial charge on any atom is 0.308 e. The van der Waals surface area contributed by atoms with Crippen molar-refractivity contribution in [2.75, 3.05) is 13.1 Å². The first kappa shape index (κ1) is 13.6. The molecular weight excluding hydrogens is 242 g/mol. The average molecular weight is 261 g/mol. The molecule has 4 heteroatoms. The van der Waals surface area contributed by atoms with E-state index in [1.165, 1.54) is 0 Å². The first-order valence-electron chi connectivity index (χ1n) is 6.49. The highest BCUT2D eigenvalue weighted by Crippen LogP contribution is 2.25. The molecule has 1 amide bonds. The number of hydrogen-bond acceptors (Lipinski definition) is 2. The Labute approximate surface area is 113 Å². The summed E-state index contributed by atoms with van der Waals surface area (Å²) >= 11 is 0. The third kappa shape index (κ3) is 2.78. The van der Waals surface area contributed by atoms with Crippen molar-refractivity contribution in [2.24, 2.45) is 11.8 Å². The molecule has 102 valence electrons. The second kappa shape index (κ2) is 5.03. The highest BCUT2D eigenvalue weighted by atomic mass is 16.4. The van der Waals surface area contributed by atoms with E-state index >= 15 is 0 Å². The number of carboxylic acids is 1. The number of carbonyl (C=O) groups excluding carboxylic acids is 1. The number of rotatable bonds is 2. The van der Waals surface area contributed by atoms with Gasteiger partial charge in [0.15, 0.2) is 0 Å². The molecule has 1 aliphatic rings. The Hall–Kier alpha value is -1.84. The van der Waals surface area contributed by atoms with E-state index in [4.69, 9.17) is 5.11 Å². The standard InChI is InChI=1S/C15H19NO3/c1-9-4-10(2)6-12(5-9)14(17)16-7-11(3)13(8-16)15(18)19/h4-6,11,13H,7-8H2,1-3H3,(H,18,19)/t11-,13-/m1/s1. The predicted molar refractivity (Wildman–Crippen MR) is 72.1 cm³/mol. The van der Waals surface area contributed by atoms with Crippen LogP contribution in [0.5, 0.6) is 0 Å². The van der Waals surface area contributed by atoms with Crippen LogP contribution in [-0.2, 0) is 4.79 Å². The van der Waals surface area contributed by atoms with Crippen molar-refractivity contribution in [3.63, 3.8) is 0 Å². The molecule has 1 aliphatic heterocycles. The summed E-state index contributed by atoms with van der Waals surface area (Å²) < 4.78 is 0. The molecule has 0 saturated carbocycles. The first-order chi connectivity index (χ1) is 8.88. The molecule has 19 heavy (non-hydrogen) atoms. The lowest BCUT2D eigenvalue weighted by molar-refractivity contribution is -0.142. The summed E-state index contributed by atoms with van der Waals surface area (Å²) in [7, 11) is 0. The third-order valence-electron chi connectivity index (χ3n) is 3.69. The van der Waals surface area contributed by atoms with Crippen molar-refractivity contribution in [3.8, 4) is 0 Å². The number of aryl methyl sites for hydroxylation is 2. The number of benzene rings is 1. The molecule has 0 radical (unpaired) electrons. The lowest BCUT2D eigenvalue weighted by Crippen LogP contribution is -2.30. The minimum Gasteiger partial charge on any atom is -0.481 e. The van der Waals surface area contributed by atoms with Crippen molar-refractivity contribution in [1.29, 1.82) is 0 Å². The monoisotopic (exact) mass is 261 g/mol. The van der Waals surface area contributed by atoms with E-state index in [0.717, 1.165) is 11.1 Å². The Balaban J connectivity index is 2.19. The number of carbonyl (C=O) groups is 2. The van der Waals surface area contributed by atoms with Crippen molar-refractivity contribution in [2.45, 2.75) is 20.8 Å². The van der Waals surface area contributed by atoms with Gasteiger partial charge in [-0.2, -0.15) is 0 Å². The van der Waals surface area contributed by atoms with Crippen molar-refractivity contribution >= 4 is 11.9 Å². The normalized spacial score (nSPS) is 22.6. The fraction of sp³-hybridized carbons (Fsp3) is 0.467. The molecular formula is C15H19NO3. The van der Waals surface area contributed by atoms with E-state index in [2.05, 4.69) is 0 Å². The van der Waals surface area contributed by atoms with Crippen LogP contribution in [0.15, 0.2) is 18.2 Å². The molecule has 4 nitrogen and oxygen atoms in total. The van der Waals surface area contributed by atoms with Gasteiger partial charge in [0, 0.05) is 18.7 Å². The highest BCUT2D eigenvalue weighted by molar-refractivity contribution is 5.95. The van der Waals surface area contributed by atoms with Crippen LogP contribution >= 0.6 is 0 Å². The van der Waals surface area contributed by atoms with Crippen molar-refractivity contribution in [3.05, 3.63) is 34.9 Å². The molecule has 1 aromatic rings. The Morgan fingerprint density at radius 1 is 1.16 bits per heavy atom. The maximum atomic E-state index is 12.4. The third-order valence-corrected chi connectivity index (χ3v) is 3.69. The fourth-order valence-electron chi connectivity index (χ4n) is 2.73. The molecule has 1 aromatic carbocycles. The summed E-state index contributed by atoms with van der Waals surface area (Å²) in [6, 6.07) is 5.73. The quantitative estimate of drug-likeness (QED) is 0.887. The van der Waals surface area contributed by atoms with E-state index in [1.807, 2.05) is 39.0 Å². The Morgan fingerprint density at radius 2 is 1.74 bits per heavy atom. The second-order valence-electron chi connectivity index (χ2n) is 5.51. The average Bonchev–Trinajstić information content (AvgIpc) is 2.69. The first-order valence-corrected chi connectivity index (χ1v) is 6.49. The molecule has 1 heterocycles. The lowest BCUT2D eigenvalue weighted by Gasteiger charge is -2.16. The SMILES string of the molecule is Cc1cc(C)cc(C(=O)N2C[C@@H](C)[C@H](C(=O)O)C2)c1. The number of aliphatic carboxylic acids is 1. The van der Waals surface area contributed by atoms with Crippen LogP contribution in [0.3, 0.4) is 0 Å². The van der Waals surface area contributed by atoms with Gasteiger partial charge in [0.2, 0.25) is 0 Å². The van der Waals surface area contributed by atoms with Crippen LogP contribution in [0.2, 0.25) is 0 Å². The van der Waals surface area contributed by atoms with Crippen molar-refractivity contribution in [1.82, 2.24) is 4.90 Å². The van der Waals surface area contributed by atoms with E-state index in [0.29, 0.717) is 18.7 Å². The van der Waals surface area contributed by atoms with Gasteiger partial charge in [-0.15, -0.1) is 0 Å². The van der Waals surface area contributed by atoms with Crippen LogP contribution in [0.4, 0.5) is 0 Å². The highest BCUT2D eigenvalue weighted by Gasteiger charge is 2.37. The summed E-state index contributed by atoms with van der Waals surface area (Å²) in [4.78, 5) is 25.1.